The van der Waals surface area contributed by atoms with Crippen molar-refractivity contribution in [1.29, 1.82) is 0 Å². The maximum atomic E-state index is 12.4. The Kier molecular flexibility index (Phi) is 4.82. The molecule has 22 heavy (non-hydrogen) atoms. The normalized spacial score (nSPS) is 21.6. The molecule has 0 aliphatic carbocycles. The molecule has 0 bridgehead atoms. The Morgan fingerprint density at radius 1 is 1.36 bits per heavy atom. The van der Waals surface area contributed by atoms with E-state index in [2.05, 4.69) is 4.72 Å². The van der Waals surface area contributed by atoms with Crippen molar-refractivity contribution in [2.45, 2.75) is 32.4 Å². The number of ether oxygens (including phenoxy) is 1. The molecule has 0 saturated carbocycles. The van der Waals surface area contributed by atoms with Crippen molar-refractivity contribution in [3.05, 3.63) is 35.9 Å². The van der Waals surface area contributed by atoms with Crippen LogP contribution in [0.1, 0.15) is 19.4 Å². The largest absolute Gasteiger partial charge is 0.464 e. The van der Waals surface area contributed by atoms with Crippen LogP contribution in [0.15, 0.2) is 30.3 Å². The highest BCUT2D eigenvalue weighted by atomic mass is 32.2. The molecule has 1 unspecified atom stereocenters. The SMILES string of the molecule is CCOC(=O)[C@@H](C)N1C(=O)C(Cc2ccccc2)NS1(=O)=O. The maximum absolute atomic E-state index is 12.4. The van der Waals surface area contributed by atoms with Gasteiger partial charge in [0.05, 0.1) is 6.61 Å². The van der Waals surface area contributed by atoms with E-state index in [1.54, 1.807) is 19.1 Å². The maximum Gasteiger partial charge on any atom is 0.329 e. The van der Waals surface area contributed by atoms with Crippen LogP contribution in [-0.2, 0) is 31.0 Å². The molecule has 2 atom stereocenters. The Labute approximate surface area is 129 Å². The standard InChI is InChI=1S/C14H18N2O5S/c1-3-21-14(18)10(2)16-13(17)12(15-22(16,19)20)9-11-7-5-4-6-8-11/h4-8,10,12,15H,3,9H2,1-2H3/t10-,12?/m1/s1. The molecule has 8 heteroatoms. The fourth-order valence-corrected chi connectivity index (χ4v) is 3.82. The Bertz CT molecular complexity index is 659. The number of carbonyl (C=O) groups is 2. The fraction of sp³-hybridized carbons (Fsp3) is 0.429. The van der Waals surface area contributed by atoms with Crippen LogP contribution in [0.3, 0.4) is 0 Å². The third-order valence-electron chi connectivity index (χ3n) is 3.33. The number of nitrogens with zero attached hydrogens (tertiary/aromatic N) is 1. The van der Waals surface area contributed by atoms with Crippen molar-refractivity contribution in [2.24, 2.45) is 0 Å². The van der Waals surface area contributed by atoms with Crippen LogP contribution < -0.4 is 4.72 Å². The molecular weight excluding hydrogens is 308 g/mol. The van der Waals surface area contributed by atoms with Gasteiger partial charge in [-0.25, -0.2) is 9.10 Å². The van der Waals surface area contributed by atoms with Crippen LogP contribution in [0.5, 0.6) is 0 Å². The van der Waals surface area contributed by atoms with Gasteiger partial charge in [-0.1, -0.05) is 30.3 Å². The number of amides is 1. The van der Waals surface area contributed by atoms with Crippen LogP contribution in [0.25, 0.3) is 0 Å². The first-order valence-electron chi connectivity index (χ1n) is 6.93. The van der Waals surface area contributed by atoms with Gasteiger partial charge in [0.2, 0.25) is 0 Å². The zero-order valence-corrected chi connectivity index (χ0v) is 13.2. The molecule has 1 aromatic rings. The Hall–Kier alpha value is -1.93. The van der Waals surface area contributed by atoms with Crippen LogP contribution >= 0.6 is 0 Å². The van der Waals surface area contributed by atoms with Gasteiger partial charge in [-0.2, -0.15) is 13.1 Å². The van der Waals surface area contributed by atoms with Crippen LogP contribution in [0.4, 0.5) is 0 Å². The number of hydrogen-bond donors (Lipinski definition) is 1. The second-order valence-corrected chi connectivity index (χ2v) is 6.51. The Morgan fingerprint density at radius 3 is 2.59 bits per heavy atom. The van der Waals surface area contributed by atoms with Crippen LogP contribution in [0, 0.1) is 0 Å². The number of benzene rings is 1. The lowest BCUT2D eigenvalue weighted by Crippen LogP contribution is -2.45. The molecule has 1 saturated heterocycles. The first-order chi connectivity index (χ1) is 10.4. The number of carbonyl (C=O) groups excluding carboxylic acids is 2. The summed E-state index contributed by atoms with van der Waals surface area (Å²) in [7, 11) is -4.04. The molecule has 120 valence electrons. The predicted octanol–water partition coefficient (Wildman–Crippen LogP) is 0.226. The number of esters is 1. The number of hydrogen-bond acceptors (Lipinski definition) is 5. The molecule has 1 aliphatic heterocycles. The van der Waals surface area contributed by atoms with E-state index in [-0.39, 0.29) is 13.0 Å². The van der Waals surface area contributed by atoms with Crippen molar-refractivity contribution in [1.82, 2.24) is 9.03 Å². The third-order valence-corrected chi connectivity index (χ3v) is 4.92. The van der Waals surface area contributed by atoms with Gasteiger partial charge in [-0.15, -0.1) is 0 Å². The van der Waals surface area contributed by atoms with Crippen molar-refractivity contribution in [2.75, 3.05) is 6.61 Å². The van der Waals surface area contributed by atoms with Crippen molar-refractivity contribution >= 4 is 22.1 Å². The molecular formula is C14H18N2O5S. The Balaban J connectivity index is 2.19. The number of nitrogens with one attached hydrogen (secondary N) is 1. The second-order valence-electron chi connectivity index (χ2n) is 4.93. The average molecular weight is 326 g/mol. The lowest BCUT2D eigenvalue weighted by molar-refractivity contribution is -0.150. The molecule has 1 amide bonds. The first kappa shape index (κ1) is 16.4. The van der Waals surface area contributed by atoms with E-state index < -0.39 is 34.2 Å². The lowest BCUT2D eigenvalue weighted by atomic mass is 10.1. The zero-order valence-electron chi connectivity index (χ0n) is 12.4. The minimum absolute atomic E-state index is 0.117. The monoisotopic (exact) mass is 326 g/mol. The molecule has 1 heterocycles. The summed E-state index contributed by atoms with van der Waals surface area (Å²) in [4.78, 5) is 24.1. The summed E-state index contributed by atoms with van der Waals surface area (Å²) in [6.45, 7) is 3.06. The minimum atomic E-state index is -4.04. The van der Waals surface area contributed by atoms with Crippen LogP contribution in [0.2, 0.25) is 0 Å². The fourth-order valence-electron chi connectivity index (χ4n) is 2.30. The van der Waals surface area contributed by atoms with Gasteiger partial charge in [-0.3, -0.25) is 4.79 Å². The van der Waals surface area contributed by atoms with Gasteiger partial charge in [0.15, 0.2) is 0 Å². The first-order valence-corrected chi connectivity index (χ1v) is 8.37. The molecule has 0 radical (unpaired) electrons. The predicted molar refractivity (Wildman–Crippen MR) is 78.9 cm³/mol. The average Bonchev–Trinajstić information content (AvgIpc) is 2.69. The summed E-state index contributed by atoms with van der Waals surface area (Å²) < 4.78 is 31.9. The highest BCUT2D eigenvalue weighted by Gasteiger charge is 2.47. The highest BCUT2D eigenvalue weighted by molar-refractivity contribution is 7.88. The minimum Gasteiger partial charge on any atom is -0.464 e. The van der Waals surface area contributed by atoms with Gasteiger partial charge in [0.1, 0.15) is 12.1 Å². The van der Waals surface area contributed by atoms with E-state index in [0.29, 0.717) is 4.31 Å². The van der Waals surface area contributed by atoms with E-state index in [4.69, 9.17) is 4.74 Å². The molecule has 1 N–H and O–H groups in total. The van der Waals surface area contributed by atoms with Gasteiger partial charge in [-0.05, 0) is 25.8 Å². The molecule has 0 aromatic heterocycles. The van der Waals surface area contributed by atoms with Crippen molar-refractivity contribution < 1.29 is 22.7 Å². The topological polar surface area (TPSA) is 92.8 Å². The van der Waals surface area contributed by atoms with E-state index in [9.17, 15) is 18.0 Å². The van der Waals surface area contributed by atoms with Gasteiger partial charge >= 0.3 is 16.2 Å². The summed E-state index contributed by atoms with van der Waals surface area (Å²) >= 11 is 0. The summed E-state index contributed by atoms with van der Waals surface area (Å²) in [6.07, 6.45) is 0.227. The molecule has 7 nitrogen and oxygen atoms in total. The molecule has 1 aliphatic rings. The van der Waals surface area contributed by atoms with Gasteiger partial charge in [0, 0.05) is 0 Å². The summed E-state index contributed by atoms with van der Waals surface area (Å²) in [6, 6.07) is 6.96. The zero-order chi connectivity index (χ0) is 16.3. The lowest BCUT2D eigenvalue weighted by Gasteiger charge is -2.20. The summed E-state index contributed by atoms with van der Waals surface area (Å²) in [5, 5.41) is 0. The van der Waals surface area contributed by atoms with E-state index >= 15 is 0 Å². The van der Waals surface area contributed by atoms with Gasteiger partial charge < -0.3 is 4.74 Å². The van der Waals surface area contributed by atoms with Crippen molar-refractivity contribution in [3.63, 3.8) is 0 Å². The summed E-state index contributed by atoms with van der Waals surface area (Å²) in [5.41, 5.74) is 0.828. The third kappa shape index (κ3) is 3.28. The Morgan fingerprint density at radius 2 is 2.00 bits per heavy atom. The molecule has 2 rings (SSSR count). The quantitative estimate of drug-likeness (QED) is 0.782. The molecule has 1 fully saturated rings. The second kappa shape index (κ2) is 6.45. The van der Waals surface area contributed by atoms with Crippen molar-refractivity contribution in [3.8, 4) is 0 Å². The number of rotatable bonds is 5. The highest BCUT2D eigenvalue weighted by Crippen LogP contribution is 2.19. The van der Waals surface area contributed by atoms with E-state index in [0.717, 1.165) is 5.56 Å². The smallest absolute Gasteiger partial charge is 0.329 e. The van der Waals surface area contributed by atoms with E-state index in [1.165, 1.54) is 6.92 Å². The summed E-state index contributed by atoms with van der Waals surface area (Å²) in [5.74, 6) is -1.40. The van der Waals surface area contributed by atoms with Crippen LogP contribution in [-0.4, -0.2) is 43.3 Å². The van der Waals surface area contributed by atoms with Gasteiger partial charge in [0.25, 0.3) is 5.91 Å². The van der Waals surface area contributed by atoms with E-state index in [1.807, 2.05) is 18.2 Å². The molecule has 1 aromatic carbocycles. The molecule has 0 spiro atoms.